The van der Waals surface area contributed by atoms with Crippen LogP contribution in [0.3, 0.4) is 0 Å². The van der Waals surface area contributed by atoms with Gasteiger partial charge in [0.15, 0.2) is 0 Å². The maximum absolute atomic E-state index is 12.4. The van der Waals surface area contributed by atoms with Crippen molar-refractivity contribution in [3.8, 4) is 0 Å². The summed E-state index contributed by atoms with van der Waals surface area (Å²) in [7, 11) is 0. The Balaban J connectivity index is 2.71. The van der Waals surface area contributed by atoms with Gasteiger partial charge in [0.2, 0.25) is 0 Å². The lowest BCUT2D eigenvalue weighted by molar-refractivity contribution is -0.156. The van der Waals surface area contributed by atoms with Gasteiger partial charge >= 0.3 is 5.97 Å². The van der Waals surface area contributed by atoms with Crippen LogP contribution in [0.25, 0.3) is 0 Å². The van der Waals surface area contributed by atoms with Crippen LogP contribution in [0.15, 0.2) is 0 Å². The van der Waals surface area contributed by atoms with Crippen LogP contribution in [0.5, 0.6) is 0 Å². The number of hydrogen-bond donors (Lipinski definition) is 1. The fourth-order valence-corrected chi connectivity index (χ4v) is 2.14. The first kappa shape index (κ1) is 15.9. The molecule has 1 aliphatic heterocycles. The largest absolute Gasteiger partial charge is 0.480 e. The van der Waals surface area contributed by atoms with Crippen LogP contribution in [0, 0.1) is 0 Å². The average Bonchev–Trinajstić information content (AvgIpc) is 2.43. The minimum absolute atomic E-state index is 0.0933. The second-order valence-electron chi connectivity index (χ2n) is 4.87. The Kier molecular flexibility index (Phi) is 6.24. The van der Waals surface area contributed by atoms with Crippen molar-refractivity contribution in [1.29, 1.82) is 0 Å². The number of nitrogens with zero attached hydrogens (tertiary/aromatic N) is 2. The molecule has 0 bridgehead atoms. The van der Waals surface area contributed by atoms with Crippen molar-refractivity contribution in [2.24, 2.45) is 0 Å². The molecule has 0 aromatic heterocycles. The molecule has 1 amide bonds. The maximum Gasteiger partial charge on any atom is 0.323 e. The molecule has 6 heteroatoms. The summed E-state index contributed by atoms with van der Waals surface area (Å²) in [6.07, 6.45) is 0.186. The zero-order chi connectivity index (χ0) is 14.4. The van der Waals surface area contributed by atoms with Crippen molar-refractivity contribution < 1.29 is 19.4 Å². The predicted molar refractivity (Wildman–Crippen MR) is 71.0 cm³/mol. The third-order valence-corrected chi connectivity index (χ3v) is 3.58. The summed E-state index contributed by atoms with van der Waals surface area (Å²) in [4.78, 5) is 26.8. The van der Waals surface area contributed by atoms with Crippen LogP contribution in [-0.4, -0.2) is 71.7 Å². The Bertz CT molecular complexity index is 322. The molecule has 1 fully saturated rings. The van der Waals surface area contributed by atoms with Gasteiger partial charge in [-0.1, -0.05) is 13.8 Å². The van der Waals surface area contributed by atoms with Crippen LogP contribution >= 0.6 is 0 Å². The number of amides is 1. The van der Waals surface area contributed by atoms with E-state index in [1.807, 2.05) is 20.8 Å². The standard InChI is InChI=1S/C13H24N2O4/c1-4-10(3)15(9-12(16)17)13(18)11-8-14(5-2)6-7-19-11/h10-11H,4-9H2,1-3H3,(H,16,17). The Morgan fingerprint density at radius 1 is 1.47 bits per heavy atom. The molecule has 1 aliphatic rings. The van der Waals surface area contributed by atoms with E-state index in [1.54, 1.807) is 0 Å². The second-order valence-corrected chi connectivity index (χ2v) is 4.87. The highest BCUT2D eigenvalue weighted by atomic mass is 16.5. The van der Waals surface area contributed by atoms with Crippen molar-refractivity contribution in [2.75, 3.05) is 32.8 Å². The number of carbonyl (C=O) groups is 2. The molecule has 0 aromatic carbocycles. The van der Waals surface area contributed by atoms with Gasteiger partial charge < -0.3 is 14.7 Å². The predicted octanol–water partition coefficient (Wildman–Crippen LogP) is 0.419. The molecule has 0 aliphatic carbocycles. The van der Waals surface area contributed by atoms with Gasteiger partial charge in [-0.15, -0.1) is 0 Å². The summed E-state index contributed by atoms with van der Waals surface area (Å²) in [5.74, 6) is -1.20. The fraction of sp³-hybridized carbons (Fsp3) is 0.846. The van der Waals surface area contributed by atoms with E-state index < -0.39 is 12.1 Å². The summed E-state index contributed by atoms with van der Waals surface area (Å²) < 4.78 is 5.50. The van der Waals surface area contributed by atoms with E-state index in [9.17, 15) is 9.59 Å². The molecule has 1 N–H and O–H groups in total. The Hall–Kier alpha value is -1.14. The van der Waals surface area contributed by atoms with E-state index in [0.717, 1.165) is 19.5 Å². The summed E-state index contributed by atoms with van der Waals surface area (Å²) in [5.41, 5.74) is 0. The van der Waals surface area contributed by atoms with Crippen LogP contribution < -0.4 is 0 Å². The summed E-state index contributed by atoms with van der Waals surface area (Å²) in [5, 5.41) is 8.93. The molecule has 1 heterocycles. The molecule has 1 saturated heterocycles. The first-order valence-electron chi connectivity index (χ1n) is 6.85. The zero-order valence-corrected chi connectivity index (χ0v) is 12.0. The number of ether oxygens (including phenoxy) is 1. The monoisotopic (exact) mass is 272 g/mol. The Labute approximate surface area is 114 Å². The number of hydrogen-bond acceptors (Lipinski definition) is 4. The fourth-order valence-electron chi connectivity index (χ4n) is 2.14. The van der Waals surface area contributed by atoms with Crippen LogP contribution in [0.1, 0.15) is 27.2 Å². The van der Waals surface area contributed by atoms with Crippen molar-refractivity contribution in [2.45, 2.75) is 39.3 Å². The van der Waals surface area contributed by atoms with Gasteiger partial charge in [-0.2, -0.15) is 0 Å². The number of carboxylic acids is 1. The van der Waals surface area contributed by atoms with Crippen molar-refractivity contribution in [1.82, 2.24) is 9.80 Å². The molecule has 0 radical (unpaired) electrons. The third-order valence-electron chi connectivity index (χ3n) is 3.58. The van der Waals surface area contributed by atoms with Gasteiger partial charge in [-0.3, -0.25) is 14.5 Å². The van der Waals surface area contributed by atoms with Crippen molar-refractivity contribution in [3.63, 3.8) is 0 Å². The summed E-state index contributed by atoms with van der Waals surface area (Å²) >= 11 is 0. The van der Waals surface area contributed by atoms with Crippen LogP contribution in [-0.2, 0) is 14.3 Å². The molecule has 0 saturated carbocycles. The van der Waals surface area contributed by atoms with Gasteiger partial charge in [0, 0.05) is 19.1 Å². The van der Waals surface area contributed by atoms with Crippen molar-refractivity contribution >= 4 is 11.9 Å². The van der Waals surface area contributed by atoms with E-state index in [1.165, 1.54) is 4.90 Å². The number of morpholine rings is 1. The quantitative estimate of drug-likeness (QED) is 0.759. The highest BCUT2D eigenvalue weighted by Gasteiger charge is 2.32. The normalized spacial score (nSPS) is 21.9. The molecule has 2 unspecified atom stereocenters. The highest BCUT2D eigenvalue weighted by molar-refractivity contribution is 5.85. The number of aliphatic carboxylic acids is 1. The van der Waals surface area contributed by atoms with Gasteiger partial charge in [0.1, 0.15) is 12.6 Å². The molecular formula is C13H24N2O4. The van der Waals surface area contributed by atoms with E-state index >= 15 is 0 Å². The number of rotatable bonds is 6. The zero-order valence-electron chi connectivity index (χ0n) is 12.0. The minimum atomic E-state index is -0.989. The maximum atomic E-state index is 12.4. The van der Waals surface area contributed by atoms with E-state index in [-0.39, 0.29) is 18.5 Å². The molecule has 2 atom stereocenters. The second kappa shape index (κ2) is 7.45. The Morgan fingerprint density at radius 2 is 2.16 bits per heavy atom. The van der Waals surface area contributed by atoms with E-state index in [4.69, 9.17) is 9.84 Å². The summed E-state index contributed by atoms with van der Waals surface area (Å²) in [6.45, 7) is 8.33. The van der Waals surface area contributed by atoms with Gasteiger partial charge in [0.25, 0.3) is 5.91 Å². The molecule has 0 aromatic rings. The third kappa shape index (κ3) is 4.47. The smallest absolute Gasteiger partial charge is 0.323 e. The molecule has 0 spiro atoms. The van der Waals surface area contributed by atoms with Gasteiger partial charge in [-0.25, -0.2) is 0 Å². The number of likely N-dealkylation sites (N-methyl/N-ethyl adjacent to an activating group) is 1. The molecule has 6 nitrogen and oxygen atoms in total. The molecule has 1 rings (SSSR count). The topological polar surface area (TPSA) is 70.1 Å². The summed E-state index contributed by atoms with van der Waals surface area (Å²) in [6, 6.07) is -0.0933. The van der Waals surface area contributed by atoms with Gasteiger partial charge in [-0.05, 0) is 19.9 Å². The molecule has 110 valence electrons. The minimum Gasteiger partial charge on any atom is -0.480 e. The lowest BCUT2D eigenvalue weighted by atomic mass is 10.1. The number of carbonyl (C=O) groups excluding carboxylic acids is 1. The Morgan fingerprint density at radius 3 is 2.68 bits per heavy atom. The van der Waals surface area contributed by atoms with Gasteiger partial charge in [0.05, 0.1) is 6.61 Å². The average molecular weight is 272 g/mol. The first-order valence-corrected chi connectivity index (χ1v) is 6.85. The van der Waals surface area contributed by atoms with Crippen LogP contribution in [0.4, 0.5) is 0 Å². The highest BCUT2D eigenvalue weighted by Crippen LogP contribution is 2.12. The molecule has 19 heavy (non-hydrogen) atoms. The van der Waals surface area contributed by atoms with Crippen molar-refractivity contribution in [3.05, 3.63) is 0 Å². The van der Waals surface area contributed by atoms with Crippen LogP contribution in [0.2, 0.25) is 0 Å². The lowest BCUT2D eigenvalue weighted by Crippen LogP contribution is -2.53. The SMILES string of the molecule is CCC(C)N(CC(=O)O)C(=O)C1CN(CC)CCO1. The first-order chi connectivity index (χ1) is 8.99. The van der Waals surface area contributed by atoms with E-state index in [0.29, 0.717) is 13.2 Å². The van der Waals surface area contributed by atoms with E-state index in [2.05, 4.69) is 4.90 Å². The lowest BCUT2D eigenvalue weighted by Gasteiger charge is -2.36. The number of carboxylic acid groups (broad SMARTS) is 1. The molecular weight excluding hydrogens is 248 g/mol.